The molecule has 8 nitrogen and oxygen atoms in total. The number of amides is 5. The number of likely N-dealkylation sites (N-methyl/N-ethyl adjacent to an activating group) is 1. The van der Waals surface area contributed by atoms with Crippen LogP contribution in [0.3, 0.4) is 0 Å². The SMILES string of the molecule is CCNC(=O)[C@H](C)NC(=O)CN1C(=O)NC2(CCC(C)CC2)C1=O. The maximum atomic E-state index is 12.6. The molecule has 3 N–H and O–H groups in total. The fourth-order valence-corrected chi connectivity index (χ4v) is 3.24. The van der Waals surface area contributed by atoms with Crippen LogP contribution in [0.2, 0.25) is 0 Å². The molecule has 0 radical (unpaired) electrons. The lowest BCUT2D eigenvalue weighted by atomic mass is 9.77. The van der Waals surface area contributed by atoms with Crippen LogP contribution >= 0.6 is 0 Å². The third kappa shape index (κ3) is 3.68. The first-order chi connectivity index (χ1) is 11.3. The maximum Gasteiger partial charge on any atom is 0.325 e. The summed E-state index contributed by atoms with van der Waals surface area (Å²) in [4.78, 5) is 49.4. The minimum atomic E-state index is -0.852. The number of hydrogen-bond acceptors (Lipinski definition) is 4. The fourth-order valence-electron chi connectivity index (χ4n) is 3.24. The van der Waals surface area contributed by atoms with Crippen LogP contribution in [0, 0.1) is 5.92 Å². The average molecular weight is 338 g/mol. The zero-order chi connectivity index (χ0) is 17.9. The Morgan fingerprint density at radius 1 is 1.33 bits per heavy atom. The van der Waals surface area contributed by atoms with Gasteiger partial charge in [0.05, 0.1) is 0 Å². The van der Waals surface area contributed by atoms with E-state index in [2.05, 4.69) is 22.9 Å². The van der Waals surface area contributed by atoms with E-state index in [0.717, 1.165) is 17.7 Å². The van der Waals surface area contributed by atoms with Crippen molar-refractivity contribution in [2.75, 3.05) is 13.1 Å². The average Bonchev–Trinajstić information content (AvgIpc) is 2.75. The van der Waals surface area contributed by atoms with Crippen molar-refractivity contribution in [3.8, 4) is 0 Å². The minimum absolute atomic E-state index is 0.305. The molecule has 0 bridgehead atoms. The zero-order valence-corrected chi connectivity index (χ0v) is 14.5. The molecule has 1 saturated heterocycles. The molecule has 134 valence electrons. The lowest BCUT2D eigenvalue weighted by Crippen LogP contribution is -2.51. The van der Waals surface area contributed by atoms with Crippen LogP contribution in [0.25, 0.3) is 0 Å². The highest BCUT2D eigenvalue weighted by molar-refractivity contribution is 6.09. The molecule has 24 heavy (non-hydrogen) atoms. The van der Waals surface area contributed by atoms with Gasteiger partial charge in [-0.05, 0) is 45.4 Å². The monoisotopic (exact) mass is 338 g/mol. The first-order valence-electron chi connectivity index (χ1n) is 8.50. The number of hydrogen-bond donors (Lipinski definition) is 3. The molecule has 2 fully saturated rings. The van der Waals surface area contributed by atoms with E-state index < -0.39 is 23.5 Å². The van der Waals surface area contributed by atoms with Crippen molar-refractivity contribution in [2.45, 2.75) is 58.0 Å². The smallest absolute Gasteiger partial charge is 0.325 e. The van der Waals surface area contributed by atoms with Crippen LogP contribution < -0.4 is 16.0 Å². The van der Waals surface area contributed by atoms with Crippen LogP contribution in [-0.2, 0) is 14.4 Å². The van der Waals surface area contributed by atoms with Gasteiger partial charge in [-0.3, -0.25) is 19.3 Å². The Bertz CT molecular complexity index is 540. The van der Waals surface area contributed by atoms with Crippen molar-refractivity contribution in [2.24, 2.45) is 5.92 Å². The molecule has 0 unspecified atom stereocenters. The normalized spacial score (nSPS) is 27.8. The third-order valence-electron chi connectivity index (χ3n) is 4.80. The van der Waals surface area contributed by atoms with Gasteiger partial charge < -0.3 is 16.0 Å². The van der Waals surface area contributed by atoms with Crippen LogP contribution in [0.15, 0.2) is 0 Å². The summed E-state index contributed by atoms with van der Waals surface area (Å²) in [5.41, 5.74) is -0.852. The van der Waals surface area contributed by atoms with Gasteiger partial charge in [-0.15, -0.1) is 0 Å². The van der Waals surface area contributed by atoms with E-state index in [1.807, 2.05) is 0 Å². The van der Waals surface area contributed by atoms with Crippen LogP contribution in [-0.4, -0.2) is 53.3 Å². The van der Waals surface area contributed by atoms with Gasteiger partial charge in [0.25, 0.3) is 5.91 Å². The highest BCUT2D eigenvalue weighted by Crippen LogP contribution is 2.36. The number of urea groups is 1. The predicted molar refractivity (Wildman–Crippen MR) is 86.9 cm³/mol. The van der Waals surface area contributed by atoms with E-state index >= 15 is 0 Å². The van der Waals surface area contributed by atoms with Crippen molar-refractivity contribution < 1.29 is 19.2 Å². The Balaban J connectivity index is 1.95. The minimum Gasteiger partial charge on any atom is -0.355 e. The van der Waals surface area contributed by atoms with Crippen molar-refractivity contribution >= 4 is 23.8 Å². The summed E-state index contributed by atoms with van der Waals surface area (Å²) >= 11 is 0. The Morgan fingerprint density at radius 2 is 1.96 bits per heavy atom. The quantitative estimate of drug-likeness (QED) is 0.619. The molecule has 0 aromatic rings. The second kappa shape index (κ2) is 7.19. The molecule has 0 aromatic heterocycles. The molecule has 2 rings (SSSR count). The van der Waals surface area contributed by atoms with Gasteiger partial charge in [0.1, 0.15) is 18.1 Å². The molecular formula is C16H26N4O4. The van der Waals surface area contributed by atoms with Gasteiger partial charge in [0.2, 0.25) is 11.8 Å². The van der Waals surface area contributed by atoms with E-state index in [1.54, 1.807) is 13.8 Å². The van der Waals surface area contributed by atoms with Crippen LogP contribution in [0.1, 0.15) is 46.5 Å². The summed E-state index contributed by atoms with van der Waals surface area (Å²) in [5, 5.41) is 7.87. The van der Waals surface area contributed by atoms with E-state index in [1.165, 1.54) is 0 Å². The van der Waals surface area contributed by atoms with Gasteiger partial charge in [-0.25, -0.2) is 4.79 Å². The van der Waals surface area contributed by atoms with Crippen molar-refractivity contribution in [3.05, 3.63) is 0 Å². The molecule has 1 spiro atoms. The van der Waals surface area contributed by atoms with Crippen molar-refractivity contribution in [1.29, 1.82) is 0 Å². The van der Waals surface area contributed by atoms with E-state index in [-0.39, 0.29) is 18.4 Å². The van der Waals surface area contributed by atoms with Crippen LogP contribution in [0.5, 0.6) is 0 Å². The number of carbonyl (C=O) groups is 4. The van der Waals surface area contributed by atoms with E-state index in [0.29, 0.717) is 25.3 Å². The summed E-state index contributed by atoms with van der Waals surface area (Å²) in [6, 6.07) is -1.25. The van der Waals surface area contributed by atoms with Crippen molar-refractivity contribution in [1.82, 2.24) is 20.9 Å². The standard InChI is InChI=1S/C16H26N4O4/c1-4-17-13(22)11(3)18-12(21)9-20-14(23)16(19-15(20)24)7-5-10(2)6-8-16/h10-11H,4-9H2,1-3H3,(H,17,22)(H,18,21)(H,19,24)/t10?,11-,16?/m0/s1. The molecule has 1 aliphatic carbocycles. The molecule has 2 aliphatic rings. The number of carbonyl (C=O) groups excluding carboxylic acids is 4. The van der Waals surface area contributed by atoms with Gasteiger partial charge in [-0.1, -0.05) is 6.92 Å². The predicted octanol–water partition coefficient (Wildman–Crippen LogP) is 0.128. The summed E-state index contributed by atoms with van der Waals surface area (Å²) < 4.78 is 0. The molecular weight excluding hydrogens is 312 g/mol. The Morgan fingerprint density at radius 3 is 2.54 bits per heavy atom. The summed E-state index contributed by atoms with van der Waals surface area (Å²) in [6.45, 7) is 5.56. The van der Waals surface area contributed by atoms with E-state index in [9.17, 15) is 19.2 Å². The summed E-state index contributed by atoms with van der Waals surface area (Å²) in [7, 11) is 0. The Labute approximate surface area is 141 Å². The lowest BCUT2D eigenvalue weighted by molar-refractivity contribution is -0.136. The second-order valence-electron chi connectivity index (χ2n) is 6.77. The van der Waals surface area contributed by atoms with Crippen LogP contribution in [0.4, 0.5) is 4.79 Å². The highest BCUT2D eigenvalue weighted by atomic mass is 16.2. The van der Waals surface area contributed by atoms with Gasteiger partial charge >= 0.3 is 6.03 Å². The highest BCUT2D eigenvalue weighted by Gasteiger charge is 2.52. The van der Waals surface area contributed by atoms with E-state index in [4.69, 9.17) is 0 Å². The van der Waals surface area contributed by atoms with Gasteiger partial charge in [0, 0.05) is 6.54 Å². The lowest BCUT2D eigenvalue weighted by Gasteiger charge is -2.33. The zero-order valence-electron chi connectivity index (χ0n) is 14.5. The molecule has 5 amide bonds. The second-order valence-corrected chi connectivity index (χ2v) is 6.77. The largest absolute Gasteiger partial charge is 0.355 e. The molecule has 1 aliphatic heterocycles. The van der Waals surface area contributed by atoms with Crippen molar-refractivity contribution in [3.63, 3.8) is 0 Å². The number of imide groups is 1. The van der Waals surface area contributed by atoms with Gasteiger partial charge in [-0.2, -0.15) is 0 Å². The molecule has 0 aromatic carbocycles. The first kappa shape index (κ1) is 18.2. The summed E-state index contributed by atoms with van der Waals surface area (Å²) in [5.74, 6) is -0.630. The number of nitrogens with one attached hydrogen (secondary N) is 3. The molecule has 1 saturated carbocycles. The Hall–Kier alpha value is -2.12. The topological polar surface area (TPSA) is 108 Å². The molecule has 8 heteroatoms. The fraction of sp³-hybridized carbons (Fsp3) is 0.750. The Kier molecular flexibility index (Phi) is 5.46. The number of rotatable bonds is 5. The van der Waals surface area contributed by atoms with Gasteiger partial charge in [0.15, 0.2) is 0 Å². The molecule has 1 atom stereocenters. The number of nitrogens with zero attached hydrogens (tertiary/aromatic N) is 1. The molecule has 1 heterocycles. The maximum absolute atomic E-state index is 12.6. The third-order valence-corrected chi connectivity index (χ3v) is 4.80. The first-order valence-corrected chi connectivity index (χ1v) is 8.50. The summed E-state index contributed by atoms with van der Waals surface area (Å²) in [6.07, 6.45) is 2.96.